The fraction of sp³-hybridized carbons (Fsp3) is 0.636. The molecule has 0 aliphatic carbocycles. The SMILES string of the molecule is Cc1ccsc1CCC(N)C(C)C. The molecule has 74 valence electrons. The van der Waals surface area contributed by atoms with Crippen molar-refractivity contribution >= 4 is 11.3 Å². The summed E-state index contributed by atoms with van der Waals surface area (Å²) in [6, 6.07) is 2.53. The van der Waals surface area contributed by atoms with Crippen LogP contribution < -0.4 is 5.73 Å². The highest BCUT2D eigenvalue weighted by Gasteiger charge is 2.08. The average Bonchev–Trinajstić information content (AvgIpc) is 2.47. The first kappa shape index (κ1) is 10.7. The number of hydrogen-bond donors (Lipinski definition) is 1. The molecule has 1 aromatic heterocycles. The lowest BCUT2D eigenvalue weighted by atomic mass is 9.99. The zero-order valence-corrected chi connectivity index (χ0v) is 9.53. The zero-order chi connectivity index (χ0) is 9.84. The van der Waals surface area contributed by atoms with Crippen molar-refractivity contribution in [3.8, 4) is 0 Å². The lowest BCUT2D eigenvalue weighted by Gasteiger charge is -2.14. The highest BCUT2D eigenvalue weighted by molar-refractivity contribution is 7.10. The minimum Gasteiger partial charge on any atom is -0.327 e. The van der Waals surface area contributed by atoms with Gasteiger partial charge < -0.3 is 5.73 Å². The number of thiophene rings is 1. The molecule has 0 aliphatic heterocycles. The van der Waals surface area contributed by atoms with E-state index in [9.17, 15) is 0 Å². The molecule has 0 saturated carbocycles. The van der Waals surface area contributed by atoms with Gasteiger partial charge in [0.05, 0.1) is 0 Å². The van der Waals surface area contributed by atoms with Gasteiger partial charge in [-0.05, 0) is 42.7 Å². The van der Waals surface area contributed by atoms with Crippen LogP contribution in [0.3, 0.4) is 0 Å². The van der Waals surface area contributed by atoms with E-state index in [-0.39, 0.29) is 0 Å². The summed E-state index contributed by atoms with van der Waals surface area (Å²) in [5, 5.41) is 2.16. The zero-order valence-electron chi connectivity index (χ0n) is 8.71. The third-order valence-corrected chi connectivity index (χ3v) is 3.61. The van der Waals surface area contributed by atoms with Gasteiger partial charge in [0.1, 0.15) is 0 Å². The molecule has 0 amide bonds. The van der Waals surface area contributed by atoms with Crippen LogP contribution in [0.5, 0.6) is 0 Å². The molecular formula is C11H19NS. The molecule has 0 spiro atoms. The summed E-state index contributed by atoms with van der Waals surface area (Å²) in [6.45, 7) is 6.55. The number of rotatable bonds is 4. The molecular weight excluding hydrogens is 178 g/mol. The largest absolute Gasteiger partial charge is 0.327 e. The van der Waals surface area contributed by atoms with E-state index in [0.29, 0.717) is 12.0 Å². The van der Waals surface area contributed by atoms with Crippen molar-refractivity contribution in [1.29, 1.82) is 0 Å². The highest BCUT2D eigenvalue weighted by Crippen LogP contribution is 2.18. The smallest absolute Gasteiger partial charge is 0.00749 e. The van der Waals surface area contributed by atoms with Crippen molar-refractivity contribution in [2.45, 2.75) is 39.7 Å². The third kappa shape index (κ3) is 3.12. The van der Waals surface area contributed by atoms with Gasteiger partial charge in [-0.1, -0.05) is 13.8 Å². The van der Waals surface area contributed by atoms with Crippen molar-refractivity contribution in [2.75, 3.05) is 0 Å². The van der Waals surface area contributed by atoms with E-state index in [1.807, 2.05) is 11.3 Å². The van der Waals surface area contributed by atoms with Crippen LogP contribution in [0.25, 0.3) is 0 Å². The fourth-order valence-electron chi connectivity index (χ4n) is 1.29. The molecule has 0 saturated heterocycles. The van der Waals surface area contributed by atoms with Crippen LogP contribution in [0.4, 0.5) is 0 Å². The highest BCUT2D eigenvalue weighted by atomic mass is 32.1. The second-order valence-corrected chi connectivity index (χ2v) is 4.97. The van der Waals surface area contributed by atoms with E-state index >= 15 is 0 Å². The topological polar surface area (TPSA) is 26.0 Å². The summed E-state index contributed by atoms with van der Waals surface area (Å²) < 4.78 is 0. The van der Waals surface area contributed by atoms with Gasteiger partial charge in [-0.15, -0.1) is 11.3 Å². The predicted molar refractivity (Wildman–Crippen MR) is 60.2 cm³/mol. The molecule has 1 rings (SSSR count). The van der Waals surface area contributed by atoms with E-state index in [1.54, 1.807) is 0 Å². The Kier molecular flexibility index (Phi) is 3.94. The van der Waals surface area contributed by atoms with Gasteiger partial charge in [0, 0.05) is 10.9 Å². The van der Waals surface area contributed by atoms with Gasteiger partial charge in [0.2, 0.25) is 0 Å². The molecule has 1 nitrogen and oxygen atoms in total. The lowest BCUT2D eigenvalue weighted by molar-refractivity contribution is 0.465. The van der Waals surface area contributed by atoms with Gasteiger partial charge in [0.25, 0.3) is 0 Å². The average molecular weight is 197 g/mol. The molecule has 1 unspecified atom stereocenters. The second-order valence-electron chi connectivity index (χ2n) is 3.97. The molecule has 1 aromatic rings. The van der Waals surface area contributed by atoms with Crippen LogP contribution in [0.2, 0.25) is 0 Å². The van der Waals surface area contributed by atoms with Gasteiger partial charge in [-0.3, -0.25) is 0 Å². The maximum Gasteiger partial charge on any atom is 0.00749 e. The maximum atomic E-state index is 5.99. The maximum absolute atomic E-state index is 5.99. The van der Waals surface area contributed by atoms with Crippen molar-refractivity contribution in [3.05, 3.63) is 21.9 Å². The first-order valence-electron chi connectivity index (χ1n) is 4.90. The summed E-state index contributed by atoms with van der Waals surface area (Å²) >= 11 is 1.85. The van der Waals surface area contributed by atoms with Gasteiger partial charge in [-0.2, -0.15) is 0 Å². The Balaban J connectivity index is 2.39. The van der Waals surface area contributed by atoms with Gasteiger partial charge in [0.15, 0.2) is 0 Å². The summed E-state index contributed by atoms with van der Waals surface area (Å²) in [4.78, 5) is 1.50. The Morgan fingerprint density at radius 2 is 2.15 bits per heavy atom. The second kappa shape index (κ2) is 4.77. The molecule has 0 bridgehead atoms. The van der Waals surface area contributed by atoms with Crippen molar-refractivity contribution in [2.24, 2.45) is 11.7 Å². The van der Waals surface area contributed by atoms with E-state index in [0.717, 1.165) is 12.8 Å². The van der Waals surface area contributed by atoms with Crippen LogP contribution >= 0.6 is 11.3 Å². The molecule has 2 heteroatoms. The minimum atomic E-state index is 0.349. The Morgan fingerprint density at radius 1 is 1.46 bits per heavy atom. The summed E-state index contributed by atoms with van der Waals surface area (Å²) in [5.41, 5.74) is 7.41. The molecule has 0 aromatic carbocycles. The molecule has 2 N–H and O–H groups in total. The quantitative estimate of drug-likeness (QED) is 0.789. The molecule has 1 atom stereocenters. The number of aryl methyl sites for hydroxylation is 2. The molecule has 0 fully saturated rings. The number of hydrogen-bond acceptors (Lipinski definition) is 2. The van der Waals surface area contributed by atoms with Crippen molar-refractivity contribution < 1.29 is 0 Å². The van der Waals surface area contributed by atoms with Crippen LogP contribution in [-0.4, -0.2) is 6.04 Å². The Bertz CT molecular complexity index is 252. The normalized spacial score (nSPS) is 13.6. The summed E-state index contributed by atoms with van der Waals surface area (Å²) in [7, 11) is 0. The van der Waals surface area contributed by atoms with E-state index in [2.05, 4.69) is 32.2 Å². The van der Waals surface area contributed by atoms with Gasteiger partial charge in [-0.25, -0.2) is 0 Å². The van der Waals surface area contributed by atoms with Crippen molar-refractivity contribution in [1.82, 2.24) is 0 Å². The third-order valence-electron chi connectivity index (χ3n) is 2.53. The van der Waals surface area contributed by atoms with E-state index in [4.69, 9.17) is 5.73 Å². The monoisotopic (exact) mass is 197 g/mol. The fourth-order valence-corrected chi connectivity index (χ4v) is 2.22. The Labute approximate surface area is 85.0 Å². The van der Waals surface area contributed by atoms with E-state index < -0.39 is 0 Å². The summed E-state index contributed by atoms with van der Waals surface area (Å²) in [5.74, 6) is 0.597. The molecule has 0 radical (unpaired) electrons. The first-order valence-corrected chi connectivity index (χ1v) is 5.77. The van der Waals surface area contributed by atoms with Gasteiger partial charge >= 0.3 is 0 Å². The minimum absolute atomic E-state index is 0.349. The standard InChI is InChI=1S/C11H19NS/c1-8(2)10(12)4-5-11-9(3)6-7-13-11/h6-8,10H,4-5,12H2,1-3H3. The molecule has 13 heavy (non-hydrogen) atoms. The lowest BCUT2D eigenvalue weighted by Crippen LogP contribution is -2.26. The van der Waals surface area contributed by atoms with Crippen LogP contribution in [0.15, 0.2) is 11.4 Å². The van der Waals surface area contributed by atoms with Crippen LogP contribution in [0, 0.1) is 12.8 Å². The molecule has 1 heterocycles. The Hall–Kier alpha value is -0.340. The molecule has 0 aliphatic rings. The van der Waals surface area contributed by atoms with Crippen molar-refractivity contribution in [3.63, 3.8) is 0 Å². The van der Waals surface area contributed by atoms with E-state index in [1.165, 1.54) is 10.4 Å². The number of nitrogens with two attached hydrogens (primary N) is 1. The summed E-state index contributed by atoms with van der Waals surface area (Å²) in [6.07, 6.45) is 2.25. The predicted octanol–water partition coefficient (Wildman–Crippen LogP) is 2.97. The van der Waals surface area contributed by atoms with Crippen LogP contribution in [-0.2, 0) is 6.42 Å². The van der Waals surface area contributed by atoms with Crippen LogP contribution in [0.1, 0.15) is 30.7 Å². The first-order chi connectivity index (χ1) is 6.11. The Morgan fingerprint density at radius 3 is 2.62 bits per heavy atom.